The minimum atomic E-state index is -1.07. The summed E-state index contributed by atoms with van der Waals surface area (Å²) < 4.78 is 0. The van der Waals surface area contributed by atoms with Crippen molar-refractivity contribution in [3.63, 3.8) is 0 Å². The van der Waals surface area contributed by atoms with Gasteiger partial charge in [0.15, 0.2) is 0 Å². The maximum Gasteiger partial charge on any atom is 0.338 e. The van der Waals surface area contributed by atoms with Crippen molar-refractivity contribution in [2.45, 2.75) is 25.9 Å². The SMILES string of the molecule is Cc1cccc(NC(=O)N2CCCC(O)C2)c1C(=O)O. The number of carboxylic acid groups (broad SMARTS) is 1. The van der Waals surface area contributed by atoms with Gasteiger partial charge in [0.2, 0.25) is 0 Å². The standard InChI is InChI=1S/C14H18N2O4/c1-9-4-2-6-11(12(9)13(18)19)15-14(20)16-7-3-5-10(17)8-16/h2,4,6,10,17H,3,5,7-8H2,1H3,(H,15,20)(H,18,19). The zero-order valence-corrected chi connectivity index (χ0v) is 11.3. The maximum absolute atomic E-state index is 12.1. The Balaban J connectivity index is 2.15. The fourth-order valence-electron chi connectivity index (χ4n) is 2.39. The van der Waals surface area contributed by atoms with Gasteiger partial charge >= 0.3 is 12.0 Å². The second-order valence-electron chi connectivity index (χ2n) is 4.97. The summed E-state index contributed by atoms with van der Waals surface area (Å²) in [6.07, 6.45) is 0.925. The van der Waals surface area contributed by atoms with Crippen LogP contribution in [0.15, 0.2) is 18.2 Å². The summed E-state index contributed by atoms with van der Waals surface area (Å²) in [5.41, 5.74) is 0.968. The van der Waals surface area contributed by atoms with Crippen molar-refractivity contribution in [3.05, 3.63) is 29.3 Å². The van der Waals surface area contributed by atoms with Crippen molar-refractivity contribution in [3.8, 4) is 0 Å². The Bertz CT molecular complexity index is 530. The molecule has 0 radical (unpaired) electrons. The number of carboxylic acids is 1. The Morgan fingerprint density at radius 1 is 1.40 bits per heavy atom. The summed E-state index contributed by atoms with van der Waals surface area (Å²) in [6.45, 7) is 2.53. The Morgan fingerprint density at radius 2 is 2.15 bits per heavy atom. The molecule has 6 nitrogen and oxygen atoms in total. The molecule has 1 atom stereocenters. The molecule has 0 aromatic heterocycles. The minimum absolute atomic E-state index is 0.0957. The number of anilines is 1. The van der Waals surface area contributed by atoms with Crippen molar-refractivity contribution in [1.82, 2.24) is 4.90 Å². The van der Waals surface area contributed by atoms with Crippen LogP contribution >= 0.6 is 0 Å². The fourth-order valence-corrected chi connectivity index (χ4v) is 2.39. The first kappa shape index (κ1) is 14.3. The zero-order chi connectivity index (χ0) is 14.7. The van der Waals surface area contributed by atoms with Crippen LogP contribution in [-0.4, -0.2) is 46.3 Å². The smallest absolute Gasteiger partial charge is 0.338 e. The largest absolute Gasteiger partial charge is 0.478 e. The second kappa shape index (κ2) is 5.92. The van der Waals surface area contributed by atoms with E-state index in [2.05, 4.69) is 5.32 Å². The highest BCUT2D eigenvalue weighted by atomic mass is 16.4. The van der Waals surface area contributed by atoms with Gasteiger partial charge in [-0.25, -0.2) is 9.59 Å². The number of nitrogens with zero attached hydrogens (tertiary/aromatic N) is 1. The highest BCUT2D eigenvalue weighted by molar-refractivity contribution is 6.01. The molecule has 1 saturated heterocycles. The number of carbonyl (C=O) groups excluding carboxylic acids is 1. The number of nitrogens with one attached hydrogen (secondary N) is 1. The highest BCUT2D eigenvalue weighted by Gasteiger charge is 2.23. The first-order valence-electron chi connectivity index (χ1n) is 6.56. The van der Waals surface area contributed by atoms with Crippen LogP contribution in [0.3, 0.4) is 0 Å². The summed E-state index contributed by atoms with van der Waals surface area (Å²) in [6, 6.07) is 4.57. The molecule has 0 saturated carbocycles. The molecular weight excluding hydrogens is 260 g/mol. The van der Waals surface area contributed by atoms with E-state index < -0.39 is 12.1 Å². The average molecular weight is 278 g/mol. The van der Waals surface area contributed by atoms with Crippen molar-refractivity contribution in [2.24, 2.45) is 0 Å². The second-order valence-corrected chi connectivity index (χ2v) is 4.97. The normalized spacial score (nSPS) is 18.7. The van der Waals surface area contributed by atoms with Gasteiger partial charge in [0.05, 0.1) is 17.4 Å². The summed E-state index contributed by atoms with van der Waals surface area (Å²) in [5.74, 6) is -1.07. The van der Waals surface area contributed by atoms with E-state index in [-0.39, 0.29) is 23.8 Å². The third kappa shape index (κ3) is 3.08. The Labute approximate surface area is 117 Å². The summed E-state index contributed by atoms with van der Waals surface area (Å²) in [4.78, 5) is 24.9. The number of β-amino-alcohol motifs (C(OH)–C–C–N with tert-alkyl or cyclic N) is 1. The number of rotatable bonds is 2. The van der Waals surface area contributed by atoms with Gasteiger partial charge in [-0.2, -0.15) is 0 Å². The highest BCUT2D eigenvalue weighted by Crippen LogP contribution is 2.20. The average Bonchev–Trinajstić information content (AvgIpc) is 2.38. The number of aromatic carboxylic acids is 1. The molecule has 1 heterocycles. The van der Waals surface area contributed by atoms with Crippen molar-refractivity contribution in [2.75, 3.05) is 18.4 Å². The van der Waals surface area contributed by atoms with Gasteiger partial charge in [0.1, 0.15) is 0 Å². The molecule has 1 aromatic rings. The molecule has 1 unspecified atom stereocenters. The van der Waals surface area contributed by atoms with E-state index in [1.165, 1.54) is 4.90 Å². The number of aliphatic hydroxyl groups is 1. The number of hydrogen-bond acceptors (Lipinski definition) is 3. The van der Waals surface area contributed by atoms with E-state index in [1.54, 1.807) is 25.1 Å². The number of carbonyl (C=O) groups is 2. The van der Waals surface area contributed by atoms with Gasteiger partial charge in [-0.05, 0) is 31.4 Å². The van der Waals surface area contributed by atoms with Crippen LogP contribution in [0.5, 0.6) is 0 Å². The van der Waals surface area contributed by atoms with Gasteiger partial charge in [-0.1, -0.05) is 12.1 Å². The molecule has 2 amide bonds. The van der Waals surface area contributed by atoms with Crippen molar-refractivity contribution < 1.29 is 19.8 Å². The number of piperidine rings is 1. The number of hydrogen-bond donors (Lipinski definition) is 3. The number of amides is 2. The van der Waals surface area contributed by atoms with E-state index in [0.29, 0.717) is 18.5 Å². The van der Waals surface area contributed by atoms with E-state index in [4.69, 9.17) is 0 Å². The lowest BCUT2D eigenvalue weighted by Gasteiger charge is -2.30. The third-order valence-electron chi connectivity index (χ3n) is 3.41. The summed E-state index contributed by atoms with van der Waals surface area (Å²) >= 11 is 0. The lowest BCUT2D eigenvalue weighted by molar-refractivity contribution is 0.0697. The zero-order valence-electron chi connectivity index (χ0n) is 11.3. The number of likely N-dealkylation sites (tertiary alicyclic amines) is 1. The maximum atomic E-state index is 12.1. The number of benzene rings is 1. The molecule has 1 aliphatic rings. The van der Waals surface area contributed by atoms with Crippen LogP contribution in [0, 0.1) is 6.92 Å². The van der Waals surface area contributed by atoms with E-state index in [9.17, 15) is 19.8 Å². The molecule has 0 spiro atoms. The van der Waals surface area contributed by atoms with Crippen LogP contribution in [0.1, 0.15) is 28.8 Å². The predicted molar refractivity (Wildman–Crippen MR) is 74.0 cm³/mol. The van der Waals surface area contributed by atoms with Crippen molar-refractivity contribution in [1.29, 1.82) is 0 Å². The van der Waals surface area contributed by atoms with Crippen LogP contribution < -0.4 is 5.32 Å². The third-order valence-corrected chi connectivity index (χ3v) is 3.41. The van der Waals surface area contributed by atoms with Gasteiger partial charge < -0.3 is 20.4 Å². The summed E-state index contributed by atoms with van der Waals surface area (Å²) in [7, 11) is 0. The predicted octanol–water partition coefficient (Wildman–Crippen LogP) is 1.68. The molecule has 3 N–H and O–H groups in total. The Hall–Kier alpha value is -2.08. The topological polar surface area (TPSA) is 89.9 Å². The van der Waals surface area contributed by atoms with Gasteiger partial charge in [0, 0.05) is 13.1 Å². The number of aryl methyl sites for hydroxylation is 1. The molecule has 6 heteroatoms. The monoisotopic (exact) mass is 278 g/mol. The quantitative estimate of drug-likeness (QED) is 0.767. The minimum Gasteiger partial charge on any atom is -0.478 e. The van der Waals surface area contributed by atoms with Gasteiger partial charge in [-0.15, -0.1) is 0 Å². The molecular formula is C14H18N2O4. The van der Waals surface area contributed by atoms with Crippen LogP contribution in [0.4, 0.5) is 10.5 Å². The van der Waals surface area contributed by atoms with E-state index >= 15 is 0 Å². The lowest BCUT2D eigenvalue weighted by Crippen LogP contribution is -2.44. The van der Waals surface area contributed by atoms with Gasteiger partial charge in [-0.3, -0.25) is 0 Å². The fraction of sp³-hybridized carbons (Fsp3) is 0.429. The molecule has 108 valence electrons. The molecule has 1 aromatic carbocycles. The van der Waals surface area contributed by atoms with Gasteiger partial charge in [0.25, 0.3) is 0 Å². The summed E-state index contributed by atoms with van der Waals surface area (Å²) in [5, 5.41) is 21.4. The van der Waals surface area contributed by atoms with Crippen LogP contribution in [-0.2, 0) is 0 Å². The van der Waals surface area contributed by atoms with E-state index in [0.717, 1.165) is 6.42 Å². The molecule has 20 heavy (non-hydrogen) atoms. The number of aliphatic hydroxyl groups excluding tert-OH is 1. The molecule has 0 aliphatic carbocycles. The van der Waals surface area contributed by atoms with Crippen LogP contribution in [0.2, 0.25) is 0 Å². The molecule has 0 bridgehead atoms. The van der Waals surface area contributed by atoms with E-state index in [1.807, 2.05) is 0 Å². The molecule has 1 aliphatic heterocycles. The molecule has 1 fully saturated rings. The van der Waals surface area contributed by atoms with Crippen molar-refractivity contribution >= 4 is 17.7 Å². The van der Waals surface area contributed by atoms with Crippen LogP contribution in [0.25, 0.3) is 0 Å². The molecule has 2 rings (SSSR count). The first-order valence-corrected chi connectivity index (χ1v) is 6.56. The number of urea groups is 1. The lowest BCUT2D eigenvalue weighted by atomic mass is 10.1. The Morgan fingerprint density at radius 3 is 2.80 bits per heavy atom. The first-order chi connectivity index (χ1) is 9.49. The Kier molecular flexibility index (Phi) is 4.24.